The summed E-state index contributed by atoms with van der Waals surface area (Å²) in [6.45, 7) is 6.00. The lowest BCUT2D eigenvalue weighted by Crippen LogP contribution is -2.25. The number of rotatable bonds is 3. The average Bonchev–Trinajstić information content (AvgIpc) is 2.33. The summed E-state index contributed by atoms with van der Waals surface area (Å²) in [6, 6.07) is 16.4. The van der Waals surface area contributed by atoms with Crippen LogP contribution in [0.1, 0.15) is 29.2 Å². The predicted molar refractivity (Wildman–Crippen MR) is 75.6 cm³/mol. The summed E-state index contributed by atoms with van der Waals surface area (Å²) in [5.74, 6) is 0. The van der Waals surface area contributed by atoms with E-state index in [1.807, 2.05) is 32.0 Å². The van der Waals surface area contributed by atoms with Crippen LogP contribution in [-0.4, -0.2) is 5.11 Å². The first-order valence-electron chi connectivity index (χ1n) is 6.33. The van der Waals surface area contributed by atoms with Crippen LogP contribution in [0.15, 0.2) is 48.5 Å². The first-order chi connectivity index (χ1) is 8.49. The Kier molecular flexibility index (Phi) is 3.53. The smallest absolute Gasteiger partial charge is 0.0911 e. The summed E-state index contributed by atoms with van der Waals surface area (Å²) in [7, 11) is 0. The number of hydrogen-bond donors (Lipinski definition) is 1. The van der Waals surface area contributed by atoms with E-state index in [1.165, 1.54) is 5.56 Å². The average molecular weight is 240 g/mol. The molecular weight excluding hydrogens is 220 g/mol. The molecule has 1 heteroatoms. The molecule has 0 saturated heterocycles. The summed E-state index contributed by atoms with van der Waals surface area (Å²) in [5.41, 5.74) is 3.68. The summed E-state index contributed by atoms with van der Waals surface area (Å²) in [4.78, 5) is 0. The molecule has 2 aromatic rings. The maximum Gasteiger partial charge on any atom is 0.0911 e. The Morgan fingerprint density at radius 1 is 1.00 bits per heavy atom. The lowest BCUT2D eigenvalue weighted by molar-refractivity contribution is 0.0569. The van der Waals surface area contributed by atoms with Crippen LogP contribution in [-0.2, 0) is 12.0 Å². The van der Waals surface area contributed by atoms with Crippen molar-refractivity contribution < 1.29 is 5.11 Å². The highest BCUT2D eigenvalue weighted by Crippen LogP contribution is 2.28. The quantitative estimate of drug-likeness (QED) is 0.866. The molecule has 0 fully saturated rings. The largest absolute Gasteiger partial charge is 0.385 e. The van der Waals surface area contributed by atoms with Gasteiger partial charge in [-0.15, -0.1) is 0 Å². The Labute approximate surface area is 109 Å². The second kappa shape index (κ2) is 4.95. The van der Waals surface area contributed by atoms with Gasteiger partial charge in [0.05, 0.1) is 5.60 Å². The molecule has 0 radical (unpaired) electrons. The fraction of sp³-hybridized carbons (Fsp3) is 0.294. The predicted octanol–water partition coefficient (Wildman–Crippen LogP) is 3.75. The molecule has 1 N–H and O–H groups in total. The van der Waals surface area contributed by atoms with Gasteiger partial charge in [0.15, 0.2) is 0 Å². The van der Waals surface area contributed by atoms with Gasteiger partial charge in [0.2, 0.25) is 0 Å². The Morgan fingerprint density at radius 2 is 1.67 bits per heavy atom. The van der Waals surface area contributed by atoms with E-state index in [9.17, 15) is 5.11 Å². The van der Waals surface area contributed by atoms with E-state index in [1.54, 1.807) is 0 Å². The molecule has 94 valence electrons. The van der Waals surface area contributed by atoms with Crippen molar-refractivity contribution in [2.75, 3.05) is 0 Å². The minimum Gasteiger partial charge on any atom is -0.385 e. The number of aliphatic hydroxyl groups is 1. The van der Waals surface area contributed by atoms with E-state index in [2.05, 4.69) is 37.3 Å². The van der Waals surface area contributed by atoms with Crippen LogP contribution in [0.25, 0.3) is 0 Å². The zero-order valence-corrected chi connectivity index (χ0v) is 11.3. The molecule has 0 aliphatic rings. The number of aryl methyl sites for hydroxylation is 2. The molecule has 0 spiro atoms. The highest BCUT2D eigenvalue weighted by molar-refractivity contribution is 5.36. The summed E-state index contributed by atoms with van der Waals surface area (Å²) < 4.78 is 0. The van der Waals surface area contributed by atoms with Gasteiger partial charge >= 0.3 is 0 Å². The third-order valence-electron chi connectivity index (χ3n) is 3.36. The second-order valence-electron chi connectivity index (χ2n) is 5.25. The minimum absolute atomic E-state index is 0.637. The van der Waals surface area contributed by atoms with Crippen molar-refractivity contribution >= 4 is 0 Å². The Morgan fingerprint density at radius 3 is 2.33 bits per heavy atom. The van der Waals surface area contributed by atoms with Gasteiger partial charge in [-0.1, -0.05) is 54.1 Å². The third-order valence-corrected chi connectivity index (χ3v) is 3.36. The van der Waals surface area contributed by atoms with Gasteiger partial charge in [-0.05, 0) is 37.5 Å². The minimum atomic E-state index is -0.822. The lowest BCUT2D eigenvalue weighted by atomic mass is 9.85. The zero-order chi connectivity index (χ0) is 13.2. The SMILES string of the molecule is Cc1ccc(C)c(C(C)(O)Cc2ccccc2)c1. The molecule has 2 aromatic carbocycles. The highest BCUT2D eigenvalue weighted by atomic mass is 16.3. The van der Waals surface area contributed by atoms with Gasteiger partial charge in [0.25, 0.3) is 0 Å². The normalized spacial score (nSPS) is 14.2. The summed E-state index contributed by atoms with van der Waals surface area (Å²) in [6.07, 6.45) is 0.637. The molecule has 0 aliphatic carbocycles. The molecule has 0 aliphatic heterocycles. The molecular formula is C17H20O. The van der Waals surface area contributed by atoms with Crippen LogP contribution in [0.4, 0.5) is 0 Å². The van der Waals surface area contributed by atoms with E-state index in [4.69, 9.17) is 0 Å². The lowest BCUT2D eigenvalue weighted by Gasteiger charge is -2.26. The molecule has 0 amide bonds. The topological polar surface area (TPSA) is 20.2 Å². The zero-order valence-electron chi connectivity index (χ0n) is 11.3. The first kappa shape index (κ1) is 12.8. The molecule has 1 atom stereocenters. The summed E-state index contributed by atoms with van der Waals surface area (Å²) >= 11 is 0. The number of hydrogen-bond acceptors (Lipinski definition) is 1. The molecule has 0 aromatic heterocycles. The van der Waals surface area contributed by atoms with Gasteiger partial charge in [0.1, 0.15) is 0 Å². The molecule has 0 bridgehead atoms. The van der Waals surface area contributed by atoms with Gasteiger partial charge < -0.3 is 5.11 Å². The van der Waals surface area contributed by atoms with E-state index in [-0.39, 0.29) is 0 Å². The van der Waals surface area contributed by atoms with E-state index < -0.39 is 5.60 Å². The van der Waals surface area contributed by atoms with Crippen LogP contribution in [0.5, 0.6) is 0 Å². The van der Waals surface area contributed by atoms with Crippen LogP contribution in [0, 0.1) is 13.8 Å². The molecule has 18 heavy (non-hydrogen) atoms. The van der Waals surface area contributed by atoms with E-state index >= 15 is 0 Å². The van der Waals surface area contributed by atoms with Crippen molar-refractivity contribution in [3.8, 4) is 0 Å². The molecule has 1 unspecified atom stereocenters. The fourth-order valence-corrected chi connectivity index (χ4v) is 2.40. The van der Waals surface area contributed by atoms with Gasteiger partial charge in [-0.25, -0.2) is 0 Å². The maximum atomic E-state index is 10.7. The van der Waals surface area contributed by atoms with Crippen molar-refractivity contribution in [3.63, 3.8) is 0 Å². The monoisotopic (exact) mass is 240 g/mol. The van der Waals surface area contributed by atoms with Gasteiger partial charge in [-0.2, -0.15) is 0 Å². The molecule has 2 rings (SSSR count). The highest BCUT2D eigenvalue weighted by Gasteiger charge is 2.25. The van der Waals surface area contributed by atoms with Crippen LogP contribution in [0.3, 0.4) is 0 Å². The standard InChI is InChI=1S/C17H20O/c1-13-9-10-14(2)16(11-13)17(3,18)12-15-7-5-4-6-8-15/h4-11,18H,12H2,1-3H3. The first-order valence-corrected chi connectivity index (χ1v) is 6.33. The van der Waals surface area contributed by atoms with Crippen molar-refractivity contribution in [2.24, 2.45) is 0 Å². The Balaban J connectivity index is 2.33. The fourth-order valence-electron chi connectivity index (χ4n) is 2.40. The van der Waals surface area contributed by atoms with Gasteiger partial charge in [0, 0.05) is 6.42 Å². The Hall–Kier alpha value is -1.60. The van der Waals surface area contributed by atoms with Crippen LogP contribution < -0.4 is 0 Å². The number of benzene rings is 2. The molecule has 1 nitrogen and oxygen atoms in total. The van der Waals surface area contributed by atoms with Crippen molar-refractivity contribution in [1.29, 1.82) is 0 Å². The van der Waals surface area contributed by atoms with Gasteiger partial charge in [-0.3, -0.25) is 0 Å². The van der Waals surface area contributed by atoms with E-state index in [0.29, 0.717) is 6.42 Å². The molecule has 0 saturated carbocycles. The van der Waals surface area contributed by atoms with Crippen molar-refractivity contribution in [2.45, 2.75) is 32.8 Å². The van der Waals surface area contributed by atoms with E-state index in [0.717, 1.165) is 16.7 Å². The third kappa shape index (κ3) is 2.80. The maximum absolute atomic E-state index is 10.7. The summed E-state index contributed by atoms with van der Waals surface area (Å²) in [5, 5.41) is 10.7. The van der Waals surface area contributed by atoms with Crippen molar-refractivity contribution in [3.05, 3.63) is 70.8 Å². The van der Waals surface area contributed by atoms with Crippen molar-refractivity contribution in [1.82, 2.24) is 0 Å². The van der Waals surface area contributed by atoms with Crippen LogP contribution >= 0.6 is 0 Å². The molecule has 0 heterocycles. The van der Waals surface area contributed by atoms with Crippen LogP contribution in [0.2, 0.25) is 0 Å². The second-order valence-corrected chi connectivity index (χ2v) is 5.25. The Bertz CT molecular complexity index is 527.